The van der Waals surface area contributed by atoms with E-state index in [1.165, 1.54) is 315 Å². The highest BCUT2D eigenvalue weighted by molar-refractivity contribution is 7.47. The monoisotopic (exact) mass is 1200 g/mol. The van der Waals surface area contributed by atoms with Crippen LogP contribution in [0.5, 0.6) is 0 Å². The molecule has 0 aromatic heterocycles. The summed E-state index contributed by atoms with van der Waals surface area (Å²) in [7, 11) is -5.03. The van der Waals surface area contributed by atoms with Crippen LogP contribution in [0, 0.1) is 0 Å². The number of ether oxygens (including phenoxy) is 2. The number of esters is 1. The van der Waals surface area contributed by atoms with Crippen LogP contribution in [-0.2, 0) is 27.9 Å². The number of carbonyl (C=O) groups is 1. The summed E-state index contributed by atoms with van der Waals surface area (Å²) in [6.07, 6.45) is 62.3. The quantitative estimate of drug-likeness (QED) is 0.0192. The van der Waals surface area contributed by atoms with Gasteiger partial charge in [-0.05, 0) is 12.8 Å². The topological polar surface area (TPSA) is 192 Å². The smallest absolute Gasteiger partial charge is 0.457 e. The number of phosphoric acid groups is 1. The molecule has 0 aliphatic heterocycles. The maximum atomic E-state index is 12.9. The Hall–Kier alpha value is -0.660. The van der Waals surface area contributed by atoms with E-state index >= 15 is 0 Å². The van der Waals surface area contributed by atoms with Gasteiger partial charge in [-0.25, -0.2) is 4.57 Å². The van der Waals surface area contributed by atoms with Crippen molar-refractivity contribution in [2.45, 2.75) is 423 Å². The lowest BCUT2D eigenvalue weighted by Gasteiger charge is -2.41. The second-order valence-electron chi connectivity index (χ2n) is 25.8. The van der Waals surface area contributed by atoms with Gasteiger partial charge in [0.1, 0.15) is 42.7 Å². The molecule has 0 amide bonds. The van der Waals surface area contributed by atoms with E-state index in [0.29, 0.717) is 13.0 Å². The molecule has 0 aromatic carbocycles. The standard InChI is InChI=1S/C70H139O12P/c1-3-5-7-9-11-13-15-17-19-21-23-25-26-27-28-29-30-31-32-33-34-35-36-37-38-39-40-41-43-45-47-49-51-53-55-57-59-64(71)81-63(62-80-83(77,78)82-70-68(75)66(73)65(72)67(74)69(70)76)61-79-60-58-56-54-52-50-48-46-44-42-24-22-20-18-16-14-12-10-8-6-4-2/h63,65-70,72-76H,3-62H2,1-2H3,(H,77,78)/t63-,65?,66-,67?,68?,69?,70?/m1/s1. The van der Waals surface area contributed by atoms with Crippen LogP contribution in [0.1, 0.15) is 380 Å². The molecule has 0 saturated heterocycles. The zero-order valence-corrected chi connectivity index (χ0v) is 55.4. The molecule has 496 valence electrons. The molecule has 6 unspecified atom stereocenters. The van der Waals surface area contributed by atoms with Crippen LogP contribution in [0.3, 0.4) is 0 Å². The van der Waals surface area contributed by atoms with E-state index in [0.717, 1.165) is 38.5 Å². The lowest BCUT2D eigenvalue weighted by Crippen LogP contribution is -2.64. The average molecular weight is 1200 g/mol. The Morgan fingerprint density at radius 1 is 0.337 bits per heavy atom. The summed E-state index contributed by atoms with van der Waals surface area (Å²) in [5.41, 5.74) is 0. The van der Waals surface area contributed by atoms with Crippen LogP contribution in [-0.4, -0.2) is 98.9 Å². The number of hydrogen-bond donors (Lipinski definition) is 6. The zero-order chi connectivity index (χ0) is 60.4. The highest BCUT2D eigenvalue weighted by Crippen LogP contribution is 2.47. The van der Waals surface area contributed by atoms with Gasteiger partial charge in [-0.3, -0.25) is 13.8 Å². The van der Waals surface area contributed by atoms with Crippen LogP contribution in [0.15, 0.2) is 0 Å². The van der Waals surface area contributed by atoms with Gasteiger partial charge < -0.3 is 39.9 Å². The molecule has 1 aliphatic carbocycles. The summed E-state index contributed by atoms with van der Waals surface area (Å²) in [4.78, 5) is 23.4. The second-order valence-corrected chi connectivity index (χ2v) is 27.2. The van der Waals surface area contributed by atoms with Gasteiger partial charge >= 0.3 is 13.8 Å². The molecule has 1 saturated carbocycles. The summed E-state index contributed by atoms with van der Waals surface area (Å²) in [5.74, 6) is -0.464. The number of rotatable bonds is 66. The Bertz CT molecular complexity index is 1380. The minimum Gasteiger partial charge on any atom is -0.457 e. The van der Waals surface area contributed by atoms with Gasteiger partial charge in [0.2, 0.25) is 0 Å². The second kappa shape index (κ2) is 60.3. The Kier molecular flexibility index (Phi) is 58.3. The van der Waals surface area contributed by atoms with Gasteiger partial charge in [0.25, 0.3) is 0 Å². The number of aliphatic hydroxyl groups is 5. The van der Waals surface area contributed by atoms with E-state index in [-0.39, 0.29) is 13.0 Å². The lowest BCUT2D eigenvalue weighted by atomic mass is 9.85. The van der Waals surface area contributed by atoms with Gasteiger partial charge in [0.15, 0.2) is 0 Å². The predicted octanol–water partition coefficient (Wildman–Crippen LogP) is 19.5. The number of phosphoric ester groups is 1. The minimum absolute atomic E-state index is 0.0666. The van der Waals surface area contributed by atoms with Crippen molar-refractivity contribution in [3.05, 3.63) is 0 Å². The van der Waals surface area contributed by atoms with E-state index in [1.54, 1.807) is 0 Å². The molecule has 0 bridgehead atoms. The third kappa shape index (κ3) is 50.9. The molecule has 1 rings (SSSR count). The Morgan fingerprint density at radius 2 is 0.566 bits per heavy atom. The summed E-state index contributed by atoms with van der Waals surface area (Å²) < 4.78 is 34.6. The SMILES string of the molecule is CCCCCCCCCCCCCCCCCCCCCCCCCCCCCCCCCCCCCCC(=O)O[C@H](COCCCCCCCCCCCCCCCCCCCCCC)COP(=O)(O)OC1C(O)C(O)C(O)[C@@H](O)C1O. The Morgan fingerprint density at radius 3 is 0.831 bits per heavy atom. The molecule has 0 aromatic rings. The van der Waals surface area contributed by atoms with Crippen LogP contribution in [0.4, 0.5) is 0 Å². The molecule has 12 nitrogen and oxygen atoms in total. The van der Waals surface area contributed by atoms with Crippen molar-refractivity contribution >= 4 is 13.8 Å². The fourth-order valence-electron chi connectivity index (χ4n) is 12.1. The highest BCUT2D eigenvalue weighted by atomic mass is 31.2. The molecule has 8 atom stereocenters. The molecular formula is C70H139O12P. The first-order valence-corrected chi connectivity index (χ1v) is 37.9. The summed E-state index contributed by atoms with van der Waals surface area (Å²) in [6, 6.07) is 0. The van der Waals surface area contributed by atoms with Crippen LogP contribution < -0.4 is 0 Å². The third-order valence-corrected chi connectivity index (χ3v) is 18.7. The van der Waals surface area contributed by atoms with E-state index in [2.05, 4.69) is 13.8 Å². The summed E-state index contributed by atoms with van der Waals surface area (Å²) >= 11 is 0. The minimum atomic E-state index is -5.03. The van der Waals surface area contributed by atoms with Crippen molar-refractivity contribution in [3.63, 3.8) is 0 Å². The van der Waals surface area contributed by atoms with E-state index < -0.39 is 63.1 Å². The fraction of sp³-hybridized carbons (Fsp3) is 0.986. The molecule has 1 aliphatic rings. The largest absolute Gasteiger partial charge is 0.472 e. The van der Waals surface area contributed by atoms with E-state index in [4.69, 9.17) is 18.5 Å². The molecule has 13 heteroatoms. The van der Waals surface area contributed by atoms with Crippen LogP contribution in [0.2, 0.25) is 0 Å². The number of carbonyl (C=O) groups excluding carboxylic acids is 1. The summed E-state index contributed by atoms with van der Waals surface area (Å²) in [5, 5.41) is 50.6. The van der Waals surface area contributed by atoms with Gasteiger partial charge in [-0.1, -0.05) is 361 Å². The van der Waals surface area contributed by atoms with Crippen molar-refractivity contribution in [1.82, 2.24) is 0 Å². The van der Waals surface area contributed by atoms with Crippen molar-refractivity contribution in [2.75, 3.05) is 19.8 Å². The predicted molar refractivity (Wildman–Crippen MR) is 346 cm³/mol. The Balaban J connectivity index is 2.10. The molecule has 0 heterocycles. The van der Waals surface area contributed by atoms with Gasteiger partial charge in [0.05, 0.1) is 13.2 Å². The van der Waals surface area contributed by atoms with Crippen LogP contribution in [0.25, 0.3) is 0 Å². The van der Waals surface area contributed by atoms with Gasteiger partial charge in [-0.2, -0.15) is 0 Å². The molecule has 6 N–H and O–H groups in total. The van der Waals surface area contributed by atoms with Crippen molar-refractivity contribution in [3.8, 4) is 0 Å². The molecule has 1 fully saturated rings. The molecule has 0 spiro atoms. The van der Waals surface area contributed by atoms with Crippen molar-refractivity contribution in [1.29, 1.82) is 0 Å². The maximum Gasteiger partial charge on any atom is 0.472 e. The first-order chi connectivity index (χ1) is 40.5. The lowest BCUT2D eigenvalue weighted by molar-refractivity contribution is -0.220. The first-order valence-electron chi connectivity index (χ1n) is 36.4. The Labute approximate surface area is 512 Å². The van der Waals surface area contributed by atoms with Crippen LogP contribution >= 0.6 is 7.82 Å². The normalized spacial score (nSPS) is 19.4. The molecule has 0 radical (unpaired) electrons. The van der Waals surface area contributed by atoms with Crippen molar-refractivity contribution in [2.24, 2.45) is 0 Å². The van der Waals surface area contributed by atoms with Gasteiger partial charge in [-0.15, -0.1) is 0 Å². The number of unbranched alkanes of at least 4 members (excludes halogenated alkanes) is 54. The number of aliphatic hydroxyl groups excluding tert-OH is 5. The molecule has 83 heavy (non-hydrogen) atoms. The highest BCUT2D eigenvalue weighted by Gasteiger charge is 2.51. The maximum absolute atomic E-state index is 12.9. The van der Waals surface area contributed by atoms with Crippen molar-refractivity contribution < 1.29 is 58.3 Å². The first kappa shape index (κ1) is 80.4. The zero-order valence-electron chi connectivity index (χ0n) is 54.5. The molecular weight excluding hydrogens is 1060 g/mol. The van der Waals surface area contributed by atoms with E-state index in [9.17, 15) is 39.8 Å². The van der Waals surface area contributed by atoms with E-state index in [1.807, 2.05) is 0 Å². The number of hydrogen-bond acceptors (Lipinski definition) is 11. The summed E-state index contributed by atoms with van der Waals surface area (Å²) in [6.45, 7) is 4.37. The third-order valence-electron chi connectivity index (χ3n) is 17.7. The average Bonchev–Trinajstić information content (AvgIpc) is 3.10. The van der Waals surface area contributed by atoms with Gasteiger partial charge in [0, 0.05) is 13.0 Å². The fourth-order valence-corrected chi connectivity index (χ4v) is 13.0.